The second kappa shape index (κ2) is 67.7. The second-order valence-corrected chi connectivity index (χ2v) is 37.5. The molecule has 1 aromatic carbocycles. The number of nitrogens with zero attached hydrogens (tertiary/aromatic N) is 2. The fourth-order valence-electron chi connectivity index (χ4n) is 14.2. The van der Waals surface area contributed by atoms with E-state index in [-0.39, 0.29) is 113 Å². The molecule has 0 unspecified atom stereocenters. The standard InChI is InChI=1S/C90H150N28O28S/c1-13-44(6)74(118-76(134)46(8)91)88(146)105-47(9)77(135)103-48(10)78(136)106-52(20-25-64(92)120)37-69(125)111-59(32-42(2)3)85(143)114-56(17-15-30-101-90(98)99)81(139)107-51(16-14-29-100-89(96)97)36-68(124)110-58(28-31-147-12)80(138)104-49(11)79(137)115-63(41-73(131)132)84(142)108-53(39-72(129)130)38-70(126)112-60(33-43(4)5)86(144)117-62(40-66(94)122)83(141)102-45(7)34-67(123)109-57(23-26-65(93)121)82(140)116-61(35-50-18-21-54(119)22-19-50)87(145)113-55(75(95)133)24-27-71(127)128/h18-19,21-22,42-49,51-53,55-63,74,119H,13-17,20,23-41,91H2,1-12H3,(H2,92,120)(H2,93,121)(H2,94,122)(H2,95,133)(H,102,141)(H,103,135)(H,104,138)(H,105,146)(H,106,136)(H,107,139)(H,108,142)(H,109,123)(H,110,124)(H,111,125)(H,112,126)(H,113,145)(H,114,143)(H,115,137)(H,116,140)(H,117,144)(H,118,134)(H,127,128)(H,129,130)(H,131,132)(H4,96,97,100)(H4,98,99,101)/t44-,45-,46-,47+,48-,49-,51-,52-,53+,55-,56-,57-,58-,59-,60-,61-,62-,63-,74-/m0/s1. The number of carbonyl (C=O) groups is 24. The van der Waals surface area contributed by atoms with Crippen LogP contribution in [0.2, 0.25) is 0 Å². The largest absolute Gasteiger partial charge is 0.508 e. The van der Waals surface area contributed by atoms with E-state index < -0.39 is 327 Å². The number of aliphatic carboxylic acids is 3. The molecule has 21 amide bonds. The van der Waals surface area contributed by atoms with Crippen molar-refractivity contribution in [2.45, 2.75) is 326 Å². The van der Waals surface area contributed by atoms with Gasteiger partial charge < -0.3 is 162 Å². The summed E-state index contributed by atoms with van der Waals surface area (Å²) in [6.45, 7) is 16.5. The summed E-state index contributed by atoms with van der Waals surface area (Å²) >= 11 is 1.23. The molecule has 1 rings (SSSR count). The van der Waals surface area contributed by atoms with Crippen molar-refractivity contribution < 1.29 is 135 Å². The molecular formula is C90H150N28O28S. The Kier molecular flexibility index (Phi) is 59.9. The number of nitrogens with two attached hydrogens (primary N) is 9. The van der Waals surface area contributed by atoms with E-state index in [4.69, 9.17) is 51.6 Å². The maximum atomic E-state index is 14.7. The van der Waals surface area contributed by atoms with Crippen molar-refractivity contribution >= 4 is 166 Å². The predicted octanol–water partition coefficient (Wildman–Crippen LogP) is -9.13. The van der Waals surface area contributed by atoms with E-state index in [2.05, 4.69) is 100 Å². The first-order valence-electron chi connectivity index (χ1n) is 47.7. The van der Waals surface area contributed by atoms with E-state index in [0.717, 1.165) is 6.92 Å². The van der Waals surface area contributed by atoms with Crippen LogP contribution in [-0.2, 0) is 121 Å². The van der Waals surface area contributed by atoms with Gasteiger partial charge in [0.25, 0.3) is 0 Å². The second-order valence-electron chi connectivity index (χ2n) is 36.5. The molecule has 0 heterocycles. The lowest BCUT2D eigenvalue weighted by Crippen LogP contribution is -2.58. The van der Waals surface area contributed by atoms with Crippen molar-refractivity contribution in [1.82, 2.24) is 90.4 Å². The first-order valence-corrected chi connectivity index (χ1v) is 49.1. The number of nitrogens with one attached hydrogen (secondary N) is 17. The number of primary amides is 4. The van der Waals surface area contributed by atoms with Crippen LogP contribution in [0.4, 0.5) is 0 Å². The number of carboxylic acids is 3. The Morgan fingerprint density at radius 1 is 0.333 bits per heavy atom. The van der Waals surface area contributed by atoms with Crippen LogP contribution in [0.1, 0.15) is 217 Å². The summed E-state index contributed by atoms with van der Waals surface area (Å²) in [6.07, 6.45) is -7.26. The number of carboxylic acid groups (broad SMARTS) is 3. The highest BCUT2D eigenvalue weighted by Crippen LogP contribution is 2.19. The van der Waals surface area contributed by atoms with Crippen LogP contribution < -0.4 is 142 Å². The molecule has 0 spiro atoms. The van der Waals surface area contributed by atoms with Crippen LogP contribution in [0.15, 0.2) is 34.3 Å². The van der Waals surface area contributed by atoms with Crippen molar-refractivity contribution in [3.05, 3.63) is 29.8 Å². The number of phenols is 1. The minimum Gasteiger partial charge on any atom is -0.508 e. The topological polar surface area (TPSA) is 954 Å². The van der Waals surface area contributed by atoms with Gasteiger partial charge in [0.1, 0.15) is 84.3 Å². The summed E-state index contributed by atoms with van der Waals surface area (Å²) in [5.41, 5.74) is 50.2. The highest BCUT2D eigenvalue weighted by atomic mass is 32.2. The van der Waals surface area contributed by atoms with Crippen molar-refractivity contribution in [2.24, 2.45) is 79.3 Å². The van der Waals surface area contributed by atoms with Gasteiger partial charge in [-0.2, -0.15) is 11.8 Å². The smallest absolute Gasteiger partial charge is 0.305 e. The molecule has 147 heavy (non-hydrogen) atoms. The molecule has 0 radical (unpaired) electrons. The number of phenolic OH excluding ortho intramolecular Hbond substituents is 1. The zero-order valence-electron chi connectivity index (χ0n) is 84.7. The number of aromatic hydroxyl groups is 1. The van der Waals surface area contributed by atoms with E-state index >= 15 is 0 Å². The summed E-state index contributed by atoms with van der Waals surface area (Å²) in [5.74, 6) is -27.1. The number of amides is 21. The molecule has 0 aliphatic rings. The molecule has 0 aliphatic heterocycles. The number of carbonyl (C=O) groups excluding carboxylic acids is 21. The Morgan fingerprint density at radius 2 is 0.701 bits per heavy atom. The average molecular weight is 2100 g/mol. The molecule has 0 aliphatic carbocycles. The van der Waals surface area contributed by atoms with Crippen LogP contribution >= 0.6 is 11.8 Å². The molecule has 56 nitrogen and oxygen atoms in total. The number of hydrogen-bond acceptors (Lipinski definition) is 29. The fraction of sp³-hybridized carbons (Fsp3) is 0.644. The monoisotopic (exact) mass is 2100 g/mol. The SMILES string of the molecule is CC[C@H](C)[C@H](NC(=O)[C@H](C)N)C(=O)N[C@H](C)C(=O)N[C@@H](C)C(=O)N[C@@H](CCC(N)=O)CC(=O)N[C@@H](CC(C)C)C(=O)N[C@@H](CCCN=C(N)N)C(=O)N[C@@H](CCCN=C(N)N)CC(=O)N[C@@H](CCSC)C(=O)N[C@@H](C)C(=O)N[C@@H](CC(=O)O)C(=O)N[C@@H](CC(=O)O)CC(=O)N[C@@H](CC(C)C)C(=O)N[C@@H](CC(N)=O)C(=O)N[C@@H](C)CC(=O)N[C@@H](CCC(N)=O)C(=O)N[C@@H](Cc1ccc(O)cc1)C(=O)N[C@@H](CCC(=O)O)C(N)=O. The molecule has 824 valence electrons. The van der Waals surface area contributed by atoms with Crippen molar-refractivity contribution in [3.63, 3.8) is 0 Å². The van der Waals surface area contributed by atoms with Gasteiger partial charge >= 0.3 is 17.9 Å². The van der Waals surface area contributed by atoms with Crippen molar-refractivity contribution in [2.75, 3.05) is 25.1 Å². The molecule has 1 aromatic rings. The Morgan fingerprint density at radius 3 is 1.18 bits per heavy atom. The number of rotatable bonds is 73. The van der Waals surface area contributed by atoms with Gasteiger partial charge in [0.2, 0.25) is 124 Å². The number of guanidine groups is 2. The number of thioether (sulfide) groups is 1. The van der Waals surface area contributed by atoms with Gasteiger partial charge in [-0.1, -0.05) is 60.1 Å². The molecule has 0 saturated heterocycles. The molecule has 19 atom stereocenters. The minimum absolute atomic E-state index is 0.0330. The van der Waals surface area contributed by atoms with Crippen LogP contribution in [-0.4, -0.2) is 308 Å². The van der Waals surface area contributed by atoms with Crippen molar-refractivity contribution in [1.29, 1.82) is 0 Å². The van der Waals surface area contributed by atoms with Gasteiger partial charge in [0, 0.05) is 88.6 Å². The van der Waals surface area contributed by atoms with E-state index in [1.807, 2.05) is 0 Å². The first kappa shape index (κ1) is 130. The van der Waals surface area contributed by atoms with E-state index in [0.29, 0.717) is 12.0 Å². The average Bonchev–Trinajstić information content (AvgIpc) is 0.862. The molecule has 57 heteroatoms. The van der Waals surface area contributed by atoms with Gasteiger partial charge in [0.15, 0.2) is 11.9 Å². The Labute approximate surface area is 853 Å². The molecule has 0 bridgehead atoms. The maximum absolute atomic E-state index is 14.7. The van der Waals surface area contributed by atoms with Gasteiger partial charge in [0.05, 0.1) is 25.3 Å². The Balaban J connectivity index is 3.55. The van der Waals surface area contributed by atoms with E-state index in [1.54, 1.807) is 47.8 Å². The number of benzene rings is 1. The van der Waals surface area contributed by atoms with Crippen molar-refractivity contribution in [3.8, 4) is 5.75 Å². The third-order valence-electron chi connectivity index (χ3n) is 22.1. The molecule has 0 fully saturated rings. The molecule has 0 aromatic heterocycles. The normalized spacial score (nSPS) is 14.9. The van der Waals surface area contributed by atoms with Gasteiger partial charge in [-0.05, 0) is 146 Å². The summed E-state index contributed by atoms with van der Waals surface area (Å²) in [4.78, 5) is 329. The summed E-state index contributed by atoms with van der Waals surface area (Å²) in [7, 11) is 0. The lowest BCUT2D eigenvalue weighted by atomic mass is 9.97. The molecular weight excluding hydrogens is 1950 g/mol. The third kappa shape index (κ3) is 55.7. The number of aliphatic imine (C=N–C) groups is 2. The quantitative estimate of drug-likeness (QED) is 0.0164. The summed E-state index contributed by atoms with van der Waals surface area (Å²) in [6, 6.07) is -20.9. The van der Waals surface area contributed by atoms with Gasteiger partial charge in [-0.15, -0.1) is 0 Å². The zero-order chi connectivity index (χ0) is 112. The van der Waals surface area contributed by atoms with Crippen LogP contribution in [0, 0.1) is 17.8 Å². The Hall–Kier alpha value is -14.8. The summed E-state index contributed by atoms with van der Waals surface area (Å²) in [5, 5.41) is 80.9. The molecule has 0 saturated carbocycles. The zero-order valence-corrected chi connectivity index (χ0v) is 85.5. The Bertz CT molecular complexity index is 4750. The van der Waals surface area contributed by atoms with Crippen LogP contribution in [0.3, 0.4) is 0 Å². The summed E-state index contributed by atoms with van der Waals surface area (Å²) < 4.78 is 0. The number of hydrogen-bond donors (Lipinski definition) is 30. The van der Waals surface area contributed by atoms with E-state index in [9.17, 15) is 135 Å². The highest BCUT2D eigenvalue weighted by Gasteiger charge is 2.39. The van der Waals surface area contributed by atoms with Crippen LogP contribution in [0.5, 0.6) is 5.75 Å². The highest BCUT2D eigenvalue weighted by molar-refractivity contribution is 7.98. The fourth-order valence-corrected chi connectivity index (χ4v) is 14.6. The lowest BCUT2D eigenvalue weighted by molar-refractivity contribution is -0.142. The molecule has 39 N–H and O–H groups in total. The van der Waals surface area contributed by atoms with Crippen LogP contribution in [0.25, 0.3) is 0 Å². The minimum atomic E-state index is -2.08. The first-order chi connectivity index (χ1) is 68.6. The third-order valence-corrected chi connectivity index (χ3v) is 22.7. The van der Waals surface area contributed by atoms with E-state index in [1.165, 1.54) is 63.7 Å². The van der Waals surface area contributed by atoms with Gasteiger partial charge in [-0.3, -0.25) is 125 Å². The van der Waals surface area contributed by atoms with Gasteiger partial charge in [-0.25, -0.2) is 0 Å². The maximum Gasteiger partial charge on any atom is 0.305 e. The lowest BCUT2D eigenvalue weighted by Gasteiger charge is -2.27. The predicted molar refractivity (Wildman–Crippen MR) is 532 cm³/mol.